The minimum absolute atomic E-state index is 0.444. The Labute approximate surface area is 147 Å². The summed E-state index contributed by atoms with van der Waals surface area (Å²) in [6.45, 7) is 7.53. The summed E-state index contributed by atoms with van der Waals surface area (Å²) in [5, 5.41) is 19.2. The zero-order chi connectivity index (χ0) is 17.2. The Morgan fingerprint density at radius 3 is 2.80 bits per heavy atom. The number of aromatic nitrogens is 5. The second kappa shape index (κ2) is 6.76. The molecule has 1 aliphatic heterocycles. The zero-order valence-electron chi connectivity index (χ0n) is 14.6. The number of nitrogens with one attached hydrogen (secondary N) is 1. The summed E-state index contributed by atoms with van der Waals surface area (Å²) >= 11 is 0. The minimum atomic E-state index is 0.444. The summed E-state index contributed by atoms with van der Waals surface area (Å²) in [6.07, 6.45) is 1.12. The smallest absolute Gasteiger partial charge is 0.200 e. The van der Waals surface area contributed by atoms with Gasteiger partial charge in [-0.05, 0) is 46.0 Å². The van der Waals surface area contributed by atoms with Crippen LogP contribution in [0.2, 0.25) is 0 Å². The van der Waals surface area contributed by atoms with Crippen LogP contribution in [0.15, 0.2) is 36.4 Å². The second-order valence-electron chi connectivity index (χ2n) is 6.93. The number of nitrogens with zero attached hydrogens (tertiary/aromatic N) is 6. The average molecular weight is 337 g/mol. The molecule has 0 radical (unpaired) electrons. The number of benzene rings is 1. The van der Waals surface area contributed by atoms with E-state index in [1.165, 1.54) is 15.8 Å². The van der Waals surface area contributed by atoms with E-state index in [1.54, 1.807) is 0 Å². The molecule has 25 heavy (non-hydrogen) atoms. The third kappa shape index (κ3) is 3.32. The van der Waals surface area contributed by atoms with Crippen LogP contribution in [0.3, 0.4) is 0 Å². The molecule has 7 heteroatoms. The van der Waals surface area contributed by atoms with E-state index in [0.29, 0.717) is 17.6 Å². The van der Waals surface area contributed by atoms with Crippen LogP contribution in [0.4, 0.5) is 5.82 Å². The van der Waals surface area contributed by atoms with Crippen molar-refractivity contribution in [2.45, 2.75) is 32.9 Å². The molecule has 7 nitrogen and oxygen atoms in total. The van der Waals surface area contributed by atoms with Gasteiger partial charge in [0.15, 0.2) is 5.65 Å². The summed E-state index contributed by atoms with van der Waals surface area (Å²) in [6, 6.07) is 13.0. The SMILES string of the molecule is CC(C)[C@@H](CNc1ccc2nnnn2n1)N1CCc2ccccc2C1. The van der Waals surface area contributed by atoms with Gasteiger partial charge in [-0.15, -0.1) is 14.8 Å². The molecule has 3 heterocycles. The fourth-order valence-corrected chi connectivity index (χ4v) is 3.54. The molecule has 1 aliphatic rings. The van der Waals surface area contributed by atoms with Crippen molar-refractivity contribution in [2.24, 2.45) is 5.92 Å². The lowest BCUT2D eigenvalue weighted by atomic mass is 9.95. The molecule has 0 unspecified atom stereocenters. The monoisotopic (exact) mass is 337 g/mol. The number of tetrazole rings is 1. The number of fused-ring (bicyclic) bond motifs is 2. The molecule has 1 aromatic carbocycles. The van der Waals surface area contributed by atoms with Crippen molar-refractivity contribution in [1.29, 1.82) is 0 Å². The predicted molar refractivity (Wildman–Crippen MR) is 96.2 cm³/mol. The number of rotatable bonds is 5. The Kier molecular flexibility index (Phi) is 4.31. The molecule has 3 aromatic rings. The van der Waals surface area contributed by atoms with Crippen molar-refractivity contribution in [3.63, 3.8) is 0 Å². The highest BCUT2D eigenvalue weighted by molar-refractivity contribution is 5.42. The first kappa shape index (κ1) is 16.0. The van der Waals surface area contributed by atoms with E-state index in [0.717, 1.165) is 31.9 Å². The van der Waals surface area contributed by atoms with Crippen LogP contribution in [0, 0.1) is 5.92 Å². The Balaban J connectivity index is 1.46. The van der Waals surface area contributed by atoms with E-state index in [-0.39, 0.29) is 0 Å². The van der Waals surface area contributed by atoms with Crippen LogP contribution in [-0.4, -0.2) is 49.3 Å². The van der Waals surface area contributed by atoms with E-state index in [2.05, 4.69) is 69.0 Å². The van der Waals surface area contributed by atoms with Crippen LogP contribution in [0.25, 0.3) is 5.65 Å². The van der Waals surface area contributed by atoms with Gasteiger partial charge in [-0.2, -0.15) is 0 Å². The van der Waals surface area contributed by atoms with Gasteiger partial charge in [0.25, 0.3) is 0 Å². The van der Waals surface area contributed by atoms with Crippen LogP contribution in [0.1, 0.15) is 25.0 Å². The van der Waals surface area contributed by atoms with Gasteiger partial charge in [0, 0.05) is 25.7 Å². The van der Waals surface area contributed by atoms with Gasteiger partial charge < -0.3 is 5.32 Å². The summed E-state index contributed by atoms with van der Waals surface area (Å²) in [7, 11) is 0. The standard InChI is InChI=1S/C18H23N7/c1-13(2)16(24-10-9-14-5-3-4-6-15(14)12-24)11-19-17-7-8-18-20-22-23-25(18)21-17/h3-8,13,16H,9-12H2,1-2H3,(H,19,21)/t16-/m1/s1. The van der Waals surface area contributed by atoms with E-state index < -0.39 is 0 Å². The molecular weight excluding hydrogens is 314 g/mol. The van der Waals surface area contributed by atoms with Crippen molar-refractivity contribution < 1.29 is 0 Å². The highest BCUT2D eigenvalue weighted by Gasteiger charge is 2.25. The van der Waals surface area contributed by atoms with E-state index in [9.17, 15) is 0 Å². The summed E-state index contributed by atoms with van der Waals surface area (Å²) < 4.78 is 1.45. The van der Waals surface area contributed by atoms with Crippen molar-refractivity contribution in [3.8, 4) is 0 Å². The molecule has 0 amide bonds. The van der Waals surface area contributed by atoms with Crippen molar-refractivity contribution in [3.05, 3.63) is 47.5 Å². The third-order valence-electron chi connectivity index (χ3n) is 4.96. The maximum Gasteiger partial charge on any atom is 0.200 e. The van der Waals surface area contributed by atoms with Gasteiger partial charge in [-0.3, -0.25) is 4.90 Å². The van der Waals surface area contributed by atoms with Crippen molar-refractivity contribution >= 4 is 11.5 Å². The lowest BCUT2D eigenvalue weighted by molar-refractivity contribution is 0.147. The lowest BCUT2D eigenvalue weighted by Crippen LogP contribution is -2.46. The van der Waals surface area contributed by atoms with Gasteiger partial charge in [-0.25, -0.2) is 0 Å². The fourth-order valence-electron chi connectivity index (χ4n) is 3.54. The largest absolute Gasteiger partial charge is 0.367 e. The highest BCUT2D eigenvalue weighted by Crippen LogP contribution is 2.23. The lowest BCUT2D eigenvalue weighted by Gasteiger charge is -2.38. The predicted octanol–water partition coefficient (Wildman–Crippen LogP) is 2.01. The highest BCUT2D eigenvalue weighted by atomic mass is 15.6. The van der Waals surface area contributed by atoms with Crippen LogP contribution < -0.4 is 5.32 Å². The van der Waals surface area contributed by atoms with E-state index in [1.807, 2.05) is 12.1 Å². The van der Waals surface area contributed by atoms with Gasteiger partial charge in [0.1, 0.15) is 5.82 Å². The number of anilines is 1. The molecule has 0 bridgehead atoms. The molecule has 2 aromatic heterocycles. The molecule has 0 spiro atoms. The first-order valence-electron chi connectivity index (χ1n) is 8.81. The summed E-state index contributed by atoms with van der Waals surface area (Å²) in [5.41, 5.74) is 3.59. The van der Waals surface area contributed by atoms with Crippen LogP contribution in [0.5, 0.6) is 0 Å². The Morgan fingerprint density at radius 2 is 1.96 bits per heavy atom. The third-order valence-corrected chi connectivity index (χ3v) is 4.96. The molecule has 4 rings (SSSR count). The summed E-state index contributed by atoms with van der Waals surface area (Å²) in [5.74, 6) is 1.34. The zero-order valence-corrected chi connectivity index (χ0v) is 14.6. The minimum Gasteiger partial charge on any atom is -0.367 e. The molecule has 0 fully saturated rings. The molecule has 0 saturated heterocycles. The fraction of sp³-hybridized carbons (Fsp3) is 0.444. The van der Waals surface area contributed by atoms with Gasteiger partial charge in [-0.1, -0.05) is 38.1 Å². The van der Waals surface area contributed by atoms with Crippen LogP contribution >= 0.6 is 0 Å². The molecule has 1 atom stereocenters. The van der Waals surface area contributed by atoms with Gasteiger partial charge in [0.05, 0.1) is 0 Å². The average Bonchev–Trinajstić information content (AvgIpc) is 3.09. The van der Waals surface area contributed by atoms with Crippen LogP contribution in [-0.2, 0) is 13.0 Å². The topological polar surface area (TPSA) is 71.2 Å². The normalized spacial score (nSPS) is 16.1. The Morgan fingerprint density at radius 1 is 1.12 bits per heavy atom. The Bertz CT molecular complexity index is 857. The maximum atomic E-state index is 4.40. The van der Waals surface area contributed by atoms with E-state index >= 15 is 0 Å². The number of hydrogen-bond acceptors (Lipinski definition) is 6. The number of hydrogen-bond donors (Lipinski definition) is 1. The molecule has 130 valence electrons. The van der Waals surface area contributed by atoms with Gasteiger partial charge in [0.2, 0.25) is 0 Å². The van der Waals surface area contributed by atoms with Crippen molar-refractivity contribution in [1.82, 2.24) is 30.2 Å². The first-order chi connectivity index (χ1) is 12.2. The quantitative estimate of drug-likeness (QED) is 0.768. The molecular formula is C18H23N7. The molecule has 0 saturated carbocycles. The van der Waals surface area contributed by atoms with E-state index in [4.69, 9.17) is 0 Å². The molecule has 1 N–H and O–H groups in total. The maximum absolute atomic E-state index is 4.40. The summed E-state index contributed by atoms with van der Waals surface area (Å²) in [4.78, 5) is 2.58. The second-order valence-corrected chi connectivity index (χ2v) is 6.93. The van der Waals surface area contributed by atoms with Crippen molar-refractivity contribution in [2.75, 3.05) is 18.4 Å². The van der Waals surface area contributed by atoms with Gasteiger partial charge >= 0.3 is 0 Å². The molecule has 0 aliphatic carbocycles. The Hall–Kier alpha value is -2.54. The first-order valence-corrected chi connectivity index (χ1v) is 8.81.